The van der Waals surface area contributed by atoms with E-state index < -0.39 is 24.0 Å². The first-order valence-corrected chi connectivity index (χ1v) is 3.75. The summed E-state index contributed by atoms with van der Waals surface area (Å²) in [6, 6.07) is 0. The van der Waals surface area contributed by atoms with E-state index in [4.69, 9.17) is 4.74 Å². The van der Waals surface area contributed by atoms with Gasteiger partial charge in [0.2, 0.25) is 0 Å². The van der Waals surface area contributed by atoms with Crippen LogP contribution in [-0.2, 0) is 9.53 Å². The van der Waals surface area contributed by atoms with Crippen LogP contribution in [0.2, 0.25) is 0 Å². The van der Waals surface area contributed by atoms with Gasteiger partial charge < -0.3 is 4.74 Å². The average molecular weight is 180 g/mol. The molecule has 3 atom stereocenters. The summed E-state index contributed by atoms with van der Waals surface area (Å²) in [5, 5.41) is 0. The first-order chi connectivity index (χ1) is 5.50. The normalized spacial score (nSPS) is 40.9. The van der Waals surface area contributed by atoms with Gasteiger partial charge in [0.15, 0.2) is 0 Å². The van der Waals surface area contributed by atoms with E-state index in [-0.39, 0.29) is 12.5 Å². The van der Waals surface area contributed by atoms with Crippen molar-refractivity contribution in [2.45, 2.75) is 31.2 Å². The van der Waals surface area contributed by atoms with Crippen molar-refractivity contribution in [2.24, 2.45) is 5.92 Å². The number of fused-ring (bicyclic) bond motifs is 1. The fourth-order valence-corrected chi connectivity index (χ4v) is 1.67. The number of rotatable bonds is 0. The molecule has 0 aromatic rings. The van der Waals surface area contributed by atoms with E-state index in [1.54, 1.807) is 0 Å². The number of hydrogen-bond acceptors (Lipinski definition) is 2. The Hall–Kier alpha value is -0.580. The lowest BCUT2D eigenvalue weighted by Gasteiger charge is -2.19. The Balaban J connectivity index is 2.17. The van der Waals surface area contributed by atoms with Gasteiger partial charge in [-0.25, -0.2) is 0 Å². The predicted octanol–water partition coefficient (Wildman–Crippen LogP) is 1.30. The van der Waals surface area contributed by atoms with Gasteiger partial charge in [0.05, 0.1) is 6.10 Å². The van der Waals surface area contributed by atoms with E-state index in [1.165, 1.54) is 0 Å². The topological polar surface area (TPSA) is 29.6 Å². The van der Waals surface area contributed by atoms with Gasteiger partial charge in [-0.15, -0.1) is 0 Å². The minimum absolute atomic E-state index is 0.00530. The molecule has 1 aliphatic carbocycles. The maximum atomic E-state index is 12.2. The third kappa shape index (κ3) is 1.12. The van der Waals surface area contributed by atoms with Gasteiger partial charge in [-0.1, -0.05) is 0 Å². The van der Waals surface area contributed by atoms with Crippen LogP contribution in [-0.4, -0.2) is 24.2 Å². The van der Waals surface area contributed by atoms with Crippen molar-refractivity contribution in [2.75, 3.05) is 0 Å². The zero-order valence-corrected chi connectivity index (χ0v) is 6.10. The number of halogens is 3. The maximum absolute atomic E-state index is 12.2. The summed E-state index contributed by atoms with van der Waals surface area (Å²) in [7, 11) is 0. The first kappa shape index (κ1) is 8.04. The molecule has 0 N–H and O–H groups in total. The lowest BCUT2D eigenvalue weighted by Crippen LogP contribution is -2.38. The van der Waals surface area contributed by atoms with Gasteiger partial charge in [0.1, 0.15) is 17.8 Å². The standard InChI is InChI=1S/C7H7F3O2/c8-7(9,10)5-3(11)1-2-4-6(5)12-4/h4-6H,1-2H2. The predicted molar refractivity (Wildman–Crippen MR) is 32.4 cm³/mol. The van der Waals surface area contributed by atoms with Crippen LogP contribution in [0.1, 0.15) is 12.8 Å². The molecular weight excluding hydrogens is 173 g/mol. The minimum atomic E-state index is -4.42. The van der Waals surface area contributed by atoms with E-state index in [1.807, 2.05) is 0 Å². The zero-order chi connectivity index (χ0) is 8.93. The van der Waals surface area contributed by atoms with Crippen molar-refractivity contribution in [1.82, 2.24) is 0 Å². The smallest absolute Gasteiger partial charge is 0.368 e. The molecule has 12 heavy (non-hydrogen) atoms. The van der Waals surface area contributed by atoms with Gasteiger partial charge in [-0.3, -0.25) is 4.79 Å². The van der Waals surface area contributed by atoms with Gasteiger partial charge in [0, 0.05) is 6.42 Å². The molecule has 0 aromatic carbocycles. The van der Waals surface area contributed by atoms with Crippen LogP contribution in [0.25, 0.3) is 0 Å². The molecule has 2 fully saturated rings. The molecular formula is C7H7F3O2. The van der Waals surface area contributed by atoms with Crippen LogP contribution in [0.3, 0.4) is 0 Å². The molecule has 3 unspecified atom stereocenters. The SMILES string of the molecule is O=C1CCC2OC2C1C(F)(F)F. The molecule has 0 amide bonds. The van der Waals surface area contributed by atoms with Crippen molar-refractivity contribution >= 4 is 5.78 Å². The van der Waals surface area contributed by atoms with Crippen molar-refractivity contribution in [1.29, 1.82) is 0 Å². The number of hydrogen-bond donors (Lipinski definition) is 0. The van der Waals surface area contributed by atoms with Crippen LogP contribution >= 0.6 is 0 Å². The highest BCUT2D eigenvalue weighted by atomic mass is 19.4. The largest absolute Gasteiger partial charge is 0.401 e. The molecule has 2 aliphatic rings. The van der Waals surface area contributed by atoms with E-state index in [9.17, 15) is 18.0 Å². The summed E-state index contributed by atoms with van der Waals surface area (Å²) in [6.07, 6.45) is -5.14. The van der Waals surface area contributed by atoms with Crippen molar-refractivity contribution in [3.05, 3.63) is 0 Å². The second-order valence-corrected chi connectivity index (χ2v) is 3.16. The molecule has 2 rings (SSSR count). The fourth-order valence-electron chi connectivity index (χ4n) is 1.67. The third-order valence-electron chi connectivity index (χ3n) is 2.33. The Labute approximate surface area is 66.7 Å². The average Bonchev–Trinajstić information content (AvgIpc) is 2.61. The number of epoxide rings is 1. The molecule has 68 valence electrons. The van der Waals surface area contributed by atoms with E-state index >= 15 is 0 Å². The highest BCUT2D eigenvalue weighted by molar-refractivity contribution is 5.84. The van der Waals surface area contributed by atoms with Gasteiger partial charge in [-0.05, 0) is 6.42 Å². The minimum Gasteiger partial charge on any atom is -0.368 e. The van der Waals surface area contributed by atoms with Crippen LogP contribution in [0.4, 0.5) is 13.2 Å². The number of carbonyl (C=O) groups excluding carboxylic acids is 1. The quantitative estimate of drug-likeness (QED) is 0.526. The van der Waals surface area contributed by atoms with Gasteiger partial charge in [-0.2, -0.15) is 13.2 Å². The third-order valence-corrected chi connectivity index (χ3v) is 2.33. The molecule has 1 saturated heterocycles. The van der Waals surface area contributed by atoms with Crippen LogP contribution in [0, 0.1) is 5.92 Å². The van der Waals surface area contributed by atoms with Crippen molar-refractivity contribution in [3.63, 3.8) is 0 Å². The van der Waals surface area contributed by atoms with E-state index in [0.717, 1.165) is 0 Å². The van der Waals surface area contributed by atoms with Gasteiger partial charge in [0.25, 0.3) is 0 Å². The summed E-state index contributed by atoms with van der Waals surface area (Å²) in [5.74, 6) is -2.57. The van der Waals surface area contributed by atoms with E-state index in [0.29, 0.717) is 6.42 Å². The molecule has 1 heterocycles. The summed E-state index contributed by atoms with van der Waals surface area (Å²) >= 11 is 0. The second kappa shape index (κ2) is 2.22. The molecule has 1 aliphatic heterocycles. The molecule has 0 aromatic heterocycles. The molecule has 0 radical (unpaired) electrons. The highest BCUT2D eigenvalue weighted by Gasteiger charge is 2.61. The summed E-state index contributed by atoms with van der Waals surface area (Å²) in [6.45, 7) is 0. The number of Topliss-reactive ketones (excluding diaryl/α,β-unsaturated/α-hetero) is 1. The zero-order valence-electron chi connectivity index (χ0n) is 6.10. The Morgan fingerprint density at radius 3 is 2.58 bits per heavy atom. The Kier molecular flexibility index (Phi) is 1.49. The highest BCUT2D eigenvalue weighted by Crippen LogP contribution is 2.46. The Morgan fingerprint density at radius 1 is 1.42 bits per heavy atom. The monoisotopic (exact) mass is 180 g/mol. The Bertz CT molecular complexity index is 223. The lowest BCUT2D eigenvalue weighted by atomic mass is 9.87. The van der Waals surface area contributed by atoms with Crippen LogP contribution in [0.15, 0.2) is 0 Å². The van der Waals surface area contributed by atoms with Gasteiger partial charge >= 0.3 is 6.18 Å². The molecule has 0 spiro atoms. The number of alkyl halides is 3. The number of carbonyl (C=O) groups is 1. The molecule has 2 nitrogen and oxygen atoms in total. The number of ether oxygens (including phenoxy) is 1. The Morgan fingerprint density at radius 2 is 2.08 bits per heavy atom. The van der Waals surface area contributed by atoms with Crippen LogP contribution in [0.5, 0.6) is 0 Å². The molecule has 1 saturated carbocycles. The van der Waals surface area contributed by atoms with Crippen molar-refractivity contribution < 1.29 is 22.7 Å². The number of ketones is 1. The second-order valence-electron chi connectivity index (χ2n) is 3.16. The molecule has 0 bridgehead atoms. The fraction of sp³-hybridized carbons (Fsp3) is 0.857. The van der Waals surface area contributed by atoms with Crippen LogP contribution < -0.4 is 0 Å². The molecule has 5 heteroatoms. The maximum Gasteiger partial charge on any atom is 0.401 e. The lowest BCUT2D eigenvalue weighted by molar-refractivity contribution is -0.185. The summed E-state index contributed by atoms with van der Waals surface area (Å²) in [4.78, 5) is 10.9. The summed E-state index contributed by atoms with van der Waals surface area (Å²) < 4.78 is 41.3. The van der Waals surface area contributed by atoms with Crippen molar-refractivity contribution in [3.8, 4) is 0 Å². The summed E-state index contributed by atoms with van der Waals surface area (Å²) in [5.41, 5.74) is 0. The van der Waals surface area contributed by atoms with E-state index in [2.05, 4.69) is 0 Å². The first-order valence-electron chi connectivity index (χ1n) is 3.75.